The molecule has 0 saturated carbocycles. The summed E-state index contributed by atoms with van der Waals surface area (Å²) in [4.78, 5) is 19.1. The van der Waals surface area contributed by atoms with Gasteiger partial charge in [0.1, 0.15) is 0 Å². The van der Waals surface area contributed by atoms with Gasteiger partial charge < -0.3 is 4.74 Å². The van der Waals surface area contributed by atoms with Gasteiger partial charge in [0.2, 0.25) is 0 Å². The number of benzene rings is 2. The third kappa shape index (κ3) is 4.82. The minimum absolute atomic E-state index is 0.300. The normalized spacial score (nSPS) is 17.7. The standard InChI is InChI=1S/C20H17F3N2O2S/c1-27-11-10-25-18(26)17(28-19(25)24-16-8-3-2-4-9-16)13-14-6-5-7-15(12-14)20(21,22)23/h2-9,12-13H,10-11H2,1H3/b17-13-,24-19?. The number of amides is 1. The maximum absolute atomic E-state index is 12.9. The van der Waals surface area contributed by atoms with Crippen LogP contribution in [0.15, 0.2) is 64.5 Å². The predicted molar refractivity (Wildman–Crippen MR) is 104 cm³/mol. The topological polar surface area (TPSA) is 41.9 Å². The number of para-hydroxylation sites is 1. The average molecular weight is 406 g/mol. The second-order valence-electron chi connectivity index (χ2n) is 5.91. The van der Waals surface area contributed by atoms with Crippen molar-refractivity contribution in [2.75, 3.05) is 20.3 Å². The van der Waals surface area contributed by atoms with Gasteiger partial charge in [-0.3, -0.25) is 9.69 Å². The highest BCUT2D eigenvalue weighted by Gasteiger charge is 2.34. The minimum atomic E-state index is -4.44. The van der Waals surface area contributed by atoms with E-state index in [0.29, 0.717) is 34.5 Å². The van der Waals surface area contributed by atoms with Gasteiger partial charge in [-0.05, 0) is 47.7 Å². The Kier molecular flexibility index (Phi) is 6.21. The van der Waals surface area contributed by atoms with Gasteiger partial charge in [-0.15, -0.1) is 0 Å². The van der Waals surface area contributed by atoms with E-state index < -0.39 is 11.7 Å². The maximum atomic E-state index is 12.9. The first-order valence-corrected chi connectivity index (χ1v) is 9.21. The molecule has 28 heavy (non-hydrogen) atoms. The lowest BCUT2D eigenvalue weighted by atomic mass is 10.1. The lowest BCUT2D eigenvalue weighted by molar-refractivity contribution is -0.137. The molecular weight excluding hydrogens is 389 g/mol. The number of carbonyl (C=O) groups excluding carboxylic acids is 1. The summed E-state index contributed by atoms with van der Waals surface area (Å²) in [6.07, 6.45) is -2.98. The fourth-order valence-corrected chi connectivity index (χ4v) is 3.56. The van der Waals surface area contributed by atoms with E-state index in [1.54, 1.807) is 12.1 Å². The summed E-state index contributed by atoms with van der Waals surface area (Å²) >= 11 is 1.13. The first-order chi connectivity index (χ1) is 13.4. The summed E-state index contributed by atoms with van der Waals surface area (Å²) in [6, 6.07) is 14.0. The fraction of sp³-hybridized carbons (Fsp3) is 0.200. The molecule has 1 fully saturated rings. The molecule has 1 saturated heterocycles. The van der Waals surface area contributed by atoms with Crippen LogP contribution in [0, 0.1) is 0 Å². The van der Waals surface area contributed by atoms with Crippen LogP contribution in [0.25, 0.3) is 6.08 Å². The number of carbonyl (C=O) groups is 1. The molecule has 2 aromatic rings. The van der Waals surface area contributed by atoms with Crippen LogP contribution in [-0.4, -0.2) is 36.2 Å². The Morgan fingerprint density at radius 3 is 2.57 bits per heavy atom. The van der Waals surface area contributed by atoms with E-state index in [-0.39, 0.29) is 5.91 Å². The maximum Gasteiger partial charge on any atom is 0.416 e. The number of ether oxygens (including phenoxy) is 1. The monoisotopic (exact) mass is 406 g/mol. The largest absolute Gasteiger partial charge is 0.416 e. The second-order valence-corrected chi connectivity index (χ2v) is 6.92. The number of methoxy groups -OCH3 is 1. The predicted octanol–water partition coefficient (Wildman–Crippen LogP) is 4.96. The average Bonchev–Trinajstić information content (AvgIpc) is 2.95. The Labute approximate surface area is 164 Å². The fourth-order valence-electron chi connectivity index (χ4n) is 2.54. The molecule has 0 aliphatic carbocycles. The van der Waals surface area contributed by atoms with E-state index in [0.717, 1.165) is 23.9 Å². The number of amidine groups is 1. The number of thioether (sulfide) groups is 1. The molecule has 146 valence electrons. The van der Waals surface area contributed by atoms with Crippen molar-refractivity contribution < 1.29 is 22.7 Å². The van der Waals surface area contributed by atoms with Crippen molar-refractivity contribution in [3.05, 3.63) is 70.6 Å². The molecule has 0 radical (unpaired) electrons. The van der Waals surface area contributed by atoms with Gasteiger partial charge in [-0.2, -0.15) is 13.2 Å². The molecule has 0 aromatic heterocycles. The quantitative estimate of drug-likeness (QED) is 0.660. The highest BCUT2D eigenvalue weighted by atomic mass is 32.2. The molecule has 3 rings (SSSR count). The molecule has 1 aliphatic rings. The zero-order chi connectivity index (χ0) is 20.1. The van der Waals surface area contributed by atoms with E-state index in [2.05, 4.69) is 4.99 Å². The second kappa shape index (κ2) is 8.62. The Morgan fingerprint density at radius 2 is 1.89 bits per heavy atom. The molecule has 0 bridgehead atoms. The summed E-state index contributed by atoms with van der Waals surface area (Å²) < 4.78 is 43.8. The van der Waals surface area contributed by atoms with Gasteiger partial charge in [0, 0.05) is 7.11 Å². The highest BCUT2D eigenvalue weighted by Crippen LogP contribution is 2.35. The van der Waals surface area contributed by atoms with Gasteiger partial charge in [0.15, 0.2) is 5.17 Å². The first kappa shape index (κ1) is 20.2. The van der Waals surface area contributed by atoms with Crippen LogP contribution in [0.1, 0.15) is 11.1 Å². The summed E-state index contributed by atoms with van der Waals surface area (Å²) in [5.74, 6) is -0.311. The lowest BCUT2D eigenvalue weighted by Crippen LogP contribution is -2.32. The Morgan fingerprint density at radius 1 is 1.14 bits per heavy atom. The van der Waals surface area contributed by atoms with Crippen molar-refractivity contribution in [3.8, 4) is 0 Å². The number of hydrogen-bond donors (Lipinski definition) is 0. The number of rotatable bonds is 5. The van der Waals surface area contributed by atoms with E-state index >= 15 is 0 Å². The molecule has 0 N–H and O–H groups in total. The highest BCUT2D eigenvalue weighted by molar-refractivity contribution is 8.18. The van der Waals surface area contributed by atoms with Gasteiger partial charge in [-0.1, -0.05) is 30.3 Å². The number of nitrogens with zero attached hydrogens (tertiary/aromatic N) is 2. The number of aliphatic imine (C=N–C) groups is 1. The Hall–Kier alpha value is -2.58. The van der Waals surface area contributed by atoms with E-state index in [1.165, 1.54) is 30.2 Å². The molecule has 0 spiro atoms. The number of alkyl halides is 3. The van der Waals surface area contributed by atoms with Crippen LogP contribution in [-0.2, 0) is 15.7 Å². The molecule has 4 nitrogen and oxygen atoms in total. The molecule has 1 aliphatic heterocycles. The minimum Gasteiger partial charge on any atom is -0.383 e. The molecule has 0 unspecified atom stereocenters. The lowest BCUT2D eigenvalue weighted by Gasteiger charge is -2.14. The zero-order valence-corrected chi connectivity index (χ0v) is 15.8. The van der Waals surface area contributed by atoms with E-state index in [1.807, 2.05) is 18.2 Å². The molecule has 0 atom stereocenters. The van der Waals surface area contributed by atoms with Crippen LogP contribution in [0.5, 0.6) is 0 Å². The van der Waals surface area contributed by atoms with Crippen LogP contribution in [0.4, 0.5) is 18.9 Å². The van der Waals surface area contributed by atoms with Gasteiger partial charge in [-0.25, -0.2) is 4.99 Å². The molecule has 1 heterocycles. The third-order valence-electron chi connectivity index (χ3n) is 3.90. The summed E-state index contributed by atoms with van der Waals surface area (Å²) in [5, 5.41) is 0.464. The van der Waals surface area contributed by atoms with Crippen molar-refractivity contribution in [2.45, 2.75) is 6.18 Å². The van der Waals surface area contributed by atoms with Gasteiger partial charge >= 0.3 is 6.18 Å². The molecule has 8 heteroatoms. The smallest absolute Gasteiger partial charge is 0.383 e. The summed E-state index contributed by atoms with van der Waals surface area (Å²) in [7, 11) is 1.53. The van der Waals surface area contributed by atoms with Crippen molar-refractivity contribution in [3.63, 3.8) is 0 Å². The Bertz CT molecular complexity index is 911. The van der Waals surface area contributed by atoms with Crippen molar-refractivity contribution >= 4 is 34.6 Å². The zero-order valence-electron chi connectivity index (χ0n) is 14.9. The number of hydrogen-bond acceptors (Lipinski definition) is 4. The Balaban J connectivity index is 1.93. The molecular formula is C20H17F3N2O2S. The molecule has 2 aromatic carbocycles. The van der Waals surface area contributed by atoms with Crippen molar-refractivity contribution in [1.82, 2.24) is 4.90 Å². The van der Waals surface area contributed by atoms with Crippen LogP contribution >= 0.6 is 11.8 Å². The van der Waals surface area contributed by atoms with Crippen molar-refractivity contribution in [2.24, 2.45) is 4.99 Å². The first-order valence-electron chi connectivity index (χ1n) is 8.40. The van der Waals surface area contributed by atoms with E-state index in [9.17, 15) is 18.0 Å². The number of halogens is 3. The van der Waals surface area contributed by atoms with Crippen LogP contribution in [0.3, 0.4) is 0 Å². The third-order valence-corrected chi connectivity index (χ3v) is 4.91. The van der Waals surface area contributed by atoms with E-state index in [4.69, 9.17) is 4.74 Å². The molecule has 1 amide bonds. The van der Waals surface area contributed by atoms with Crippen molar-refractivity contribution in [1.29, 1.82) is 0 Å². The van der Waals surface area contributed by atoms with Crippen LogP contribution in [0.2, 0.25) is 0 Å². The van der Waals surface area contributed by atoms with Gasteiger partial charge in [0.25, 0.3) is 5.91 Å². The van der Waals surface area contributed by atoms with Crippen LogP contribution < -0.4 is 0 Å². The summed E-state index contributed by atoms with van der Waals surface area (Å²) in [5.41, 5.74) is 0.227. The SMILES string of the molecule is COCCN1C(=O)/C(=C/c2cccc(C(F)(F)F)c2)SC1=Nc1ccccc1. The summed E-state index contributed by atoms with van der Waals surface area (Å²) in [6.45, 7) is 0.616. The van der Waals surface area contributed by atoms with Gasteiger partial charge in [0.05, 0.1) is 29.3 Å².